The fraction of sp³-hybridized carbons (Fsp3) is 0.583. The van der Waals surface area contributed by atoms with Crippen LogP contribution in [0.3, 0.4) is 0 Å². The van der Waals surface area contributed by atoms with Crippen LogP contribution in [0, 0.1) is 5.92 Å². The summed E-state index contributed by atoms with van der Waals surface area (Å²) in [5, 5.41) is 10.2. The lowest BCUT2D eigenvalue weighted by molar-refractivity contribution is 0.0620. The summed E-state index contributed by atoms with van der Waals surface area (Å²) in [6.45, 7) is 1.77. The monoisotopic (exact) mass is 319 g/mol. The number of sulfonamides is 1. The molecule has 112 valence electrons. The van der Waals surface area contributed by atoms with Crippen LogP contribution >= 0.6 is 11.3 Å². The molecular formula is C12H17NO5S2. The molecular weight excluding hydrogens is 302 g/mol. The van der Waals surface area contributed by atoms with E-state index in [4.69, 9.17) is 9.84 Å². The van der Waals surface area contributed by atoms with Crippen molar-refractivity contribution in [2.24, 2.45) is 5.92 Å². The molecule has 2 rings (SSSR count). The Labute approximate surface area is 122 Å². The van der Waals surface area contributed by atoms with Crippen LogP contribution in [0.15, 0.2) is 16.3 Å². The lowest BCUT2D eigenvalue weighted by Crippen LogP contribution is -2.34. The van der Waals surface area contributed by atoms with Crippen molar-refractivity contribution in [2.75, 3.05) is 26.8 Å². The molecule has 0 atom stereocenters. The van der Waals surface area contributed by atoms with E-state index in [9.17, 15) is 13.2 Å². The van der Waals surface area contributed by atoms with E-state index < -0.39 is 16.0 Å². The molecule has 1 saturated heterocycles. The minimum Gasteiger partial charge on any atom is -0.477 e. The van der Waals surface area contributed by atoms with E-state index in [2.05, 4.69) is 0 Å². The van der Waals surface area contributed by atoms with Crippen molar-refractivity contribution in [3.05, 3.63) is 16.3 Å². The topological polar surface area (TPSA) is 83.9 Å². The van der Waals surface area contributed by atoms with Crippen LogP contribution in [0.1, 0.15) is 22.5 Å². The summed E-state index contributed by atoms with van der Waals surface area (Å²) >= 11 is 0.923. The highest BCUT2D eigenvalue weighted by Crippen LogP contribution is 2.24. The van der Waals surface area contributed by atoms with Crippen LogP contribution in [-0.4, -0.2) is 50.6 Å². The maximum atomic E-state index is 12.4. The van der Waals surface area contributed by atoms with Crippen molar-refractivity contribution >= 4 is 27.3 Å². The van der Waals surface area contributed by atoms with Crippen molar-refractivity contribution in [2.45, 2.75) is 17.7 Å². The average molecular weight is 319 g/mol. The zero-order chi connectivity index (χ0) is 14.8. The second kappa shape index (κ2) is 6.21. The van der Waals surface area contributed by atoms with Gasteiger partial charge in [0.05, 0.1) is 4.90 Å². The second-order valence-corrected chi connectivity index (χ2v) is 7.75. The fourth-order valence-electron chi connectivity index (χ4n) is 2.14. The Morgan fingerprint density at radius 1 is 1.50 bits per heavy atom. The first-order valence-corrected chi connectivity index (χ1v) is 8.59. The van der Waals surface area contributed by atoms with Gasteiger partial charge >= 0.3 is 5.97 Å². The minimum atomic E-state index is -3.61. The van der Waals surface area contributed by atoms with E-state index in [1.54, 1.807) is 0 Å². The number of nitrogens with zero attached hydrogens (tertiary/aromatic N) is 1. The van der Waals surface area contributed by atoms with Crippen LogP contribution in [0.2, 0.25) is 0 Å². The van der Waals surface area contributed by atoms with Gasteiger partial charge in [0, 0.05) is 32.2 Å². The predicted molar refractivity (Wildman–Crippen MR) is 74.6 cm³/mol. The highest BCUT2D eigenvalue weighted by atomic mass is 32.2. The Kier molecular flexibility index (Phi) is 4.79. The van der Waals surface area contributed by atoms with Crippen molar-refractivity contribution < 1.29 is 23.1 Å². The van der Waals surface area contributed by atoms with Gasteiger partial charge in [-0.1, -0.05) is 0 Å². The molecule has 2 heterocycles. The molecule has 6 nitrogen and oxygen atoms in total. The molecule has 0 unspecified atom stereocenters. The van der Waals surface area contributed by atoms with Gasteiger partial charge in [-0.15, -0.1) is 11.3 Å². The number of carboxylic acid groups (broad SMARTS) is 1. The Balaban J connectivity index is 2.09. The van der Waals surface area contributed by atoms with E-state index in [0.29, 0.717) is 25.7 Å². The Morgan fingerprint density at radius 3 is 2.70 bits per heavy atom. The largest absolute Gasteiger partial charge is 0.477 e. The normalized spacial score (nSPS) is 17.5. The van der Waals surface area contributed by atoms with Gasteiger partial charge in [-0.25, -0.2) is 17.5 Å². The summed E-state index contributed by atoms with van der Waals surface area (Å²) in [7, 11) is -2.08. The third-order valence-electron chi connectivity index (χ3n) is 3.35. The van der Waals surface area contributed by atoms with Gasteiger partial charge < -0.3 is 9.84 Å². The molecule has 0 bridgehead atoms. The molecule has 0 aliphatic carbocycles. The number of aromatic carboxylic acids is 1. The lowest BCUT2D eigenvalue weighted by atomic mass is 10.0. The molecule has 0 aromatic carbocycles. The van der Waals surface area contributed by atoms with Crippen molar-refractivity contribution in [1.82, 2.24) is 4.31 Å². The number of hydrogen-bond donors (Lipinski definition) is 1. The Bertz CT molecular complexity index is 574. The zero-order valence-corrected chi connectivity index (χ0v) is 12.7. The standard InChI is InChI=1S/C12H17NO5S2/c1-13(7-9-2-4-18-5-3-9)20(16,17)10-6-11(12(14)15)19-8-10/h6,8-9H,2-5,7H2,1H3,(H,14,15). The van der Waals surface area contributed by atoms with E-state index in [1.165, 1.54) is 22.8 Å². The molecule has 0 spiro atoms. The molecule has 1 aromatic heterocycles. The summed E-state index contributed by atoms with van der Waals surface area (Å²) in [4.78, 5) is 10.9. The maximum Gasteiger partial charge on any atom is 0.345 e. The first kappa shape index (κ1) is 15.4. The molecule has 1 aliphatic heterocycles. The molecule has 0 radical (unpaired) electrons. The van der Waals surface area contributed by atoms with Crippen LogP contribution in [0.5, 0.6) is 0 Å². The van der Waals surface area contributed by atoms with Crippen molar-refractivity contribution in [3.63, 3.8) is 0 Å². The zero-order valence-electron chi connectivity index (χ0n) is 11.1. The van der Waals surface area contributed by atoms with Gasteiger partial charge in [0.1, 0.15) is 4.88 Å². The van der Waals surface area contributed by atoms with Crippen LogP contribution in [-0.2, 0) is 14.8 Å². The molecule has 0 saturated carbocycles. The van der Waals surface area contributed by atoms with Crippen LogP contribution in [0.4, 0.5) is 0 Å². The fourth-order valence-corrected chi connectivity index (χ4v) is 4.48. The molecule has 1 aromatic rings. The van der Waals surface area contributed by atoms with Gasteiger partial charge in [-0.05, 0) is 24.8 Å². The number of ether oxygens (including phenoxy) is 1. The van der Waals surface area contributed by atoms with Crippen LogP contribution in [0.25, 0.3) is 0 Å². The summed E-state index contributed by atoms with van der Waals surface area (Å²) in [6.07, 6.45) is 1.70. The predicted octanol–water partition coefficient (Wildman–Crippen LogP) is 1.49. The third kappa shape index (κ3) is 3.38. The van der Waals surface area contributed by atoms with E-state index in [1.807, 2.05) is 0 Å². The molecule has 8 heteroatoms. The van der Waals surface area contributed by atoms with Crippen LogP contribution < -0.4 is 0 Å². The highest BCUT2D eigenvalue weighted by Gasteiger charge is 2.26. The van der Waals surface area contributed by atoms with E-state index in [-0.39, 0.29) is 9.77 Å². The SMILES string of the molecule is CN(CC1CCOCC1)S(=O)(=O)c1csc(C(=O)O)c1. The maximum absolute atomic E-state index is 12.4. The Morgan fingerprint density at radius 2 is 2.15 bits per heavy atom. The Hall–Kier alpha value is -0.960. The number of carbonyl (C=O) groups is 1. The second-order valence-electron chi connectivity index (χ2n) is 4.79. The molecule has 1 fully saturated rings. The number of carboxylic acids is 1. The molecule has 20 heavy (non-hydrogen) atoms. The summed E-state index contributed by atoms with van der Waals surface area (Å²) in [6, 6.07) is 1.21. The van der Waals surface area contributed by atoms with Gasteiger partial charge in [0.25, 0.3) is 0 Å². The first-order valence-electron chi connectivity index (χ1n) is 6.27. The summed E-state index contributed by atoms with van der Waals surface area (Å²) < 4.78 is 31.3. The lowest BCUT2D eigenvalue weighted by Gasteiger charge is -2.26. The van der Waals surface area contributed by atoms with Crippen molar-refractivity contribution in [1.29, 1.82) is 0 Å². The average Bonchev–Trinajstić information content (AvgIpc) is 2.90. The van der Waals surface area contributed by atoms with Gasteiger partial charge in [0.2, 0.25) is 10.0 Å². The number of hydrogen-bond acceptors (Lipinski definition) is 5. The third-order valence-corrected chi connectivity index (χ3v) is 6.22. The minimum absolute atomic E-state index is 0.0306. The van der Waals surface area contributed by atoms with Gasteiger partial charge in [-0.3, -0.25) is 0 Å². The van der Waals surface area contributed by atoms with Crippen molar-refractivity contribution in [3.8, 4) is 0 Å². The molecule has 1 N–H and O–H groups in total. The number of thiophene rings is 1. The number of rotatable bonds is 5. The molecule has 1 aliphatic rings. The van der Waals surface area contributed by atoms with Gasteiger partial charge in [-0.2, -0.15) is 0 Å². The molecule has 0 amide bonds. The first-order chi connectivity index (χ1) is 9.41. The quantitative estimate of drug-likeness (QED) is 0.889. The van der Waals surface area contributed by atoms with E-state index in [0.717, 1.165) is 24.2 Å². The van der Waals surface area contributed by atoms with Gasteiger partial charge in [0.15, 0.2) is 0 Å². The highest BCUT2D eigenvalue weighted by molar-refractivity contribution is 7.89. The summed E-state index contributed by atoms with van der Waals surface area (Å²) in [5.74, 6) is -0.815. The van der Waals surface area contributed by atoms with E-state index >= 15 is 0 Å². The summed E-state index contributed by atoms with van der Waals surface area (Å²) in [5.41, 5.74) is 0. The smallest absolute Gasteiger partial charge is 0.345 e.